The van der Waals surface area contributed by atoms with Gasteiger partial charge in [-0.3, -0.25) is 9.59 Å². The van der Waals surface area contributed by atoms with Crippen LogP contribution in [0.25, 0.3) is 6.08 Å². The van der Waals surface area contributed by atoms with Crippen LogP contribution in [0.5, 0.6) is 5.75 Å². The van der Waals surface area contributed by atoms with Crippen LogP contribution in [-0.4, -0.2) is 62.2 Å². The lowest BCUT2D eigenvalue weighted by atomic mass is 10.2. The topological polar surface area (TPSA) is 110 Å². The van der Waals surface area contributed by atoms with Crippen LogP contribution in [0.4, 0.5) is 0 Å². The molecule has 1 fully saturated rings. The van der Waals surface area contributed by atoms with E-state index in [4.69, 9.17) is 10.5 Å². The number of piperazine rings is 1. The van der Waals surface area contributed by atoms with E-state index in [0.29, 0.717) is 0 Å². The van der Waals surface area contributed by atoms with E-state index in [-0.39, 0.29) is 50.0 Å². The molecule has 0 saturated carbocycles. The fourth-order valence-electron chi connectivity index (χ4n) is 3.03. The van der Waals surface area contributed by atoms with E-state index in [1.807, 2.05) is 30.3 Å². The molecule has 9 heteroatoms. The summed E-state index contributed by atoms with van der Waals surface area (Å²) in [5, 5.41) is 1.18. The fourth-order valence-corrected chi connectivity index (χ4v) is 4.21. The Kier molecular flexibility index (Phi) is 6.86. The average molecular weight is 429 g/mol. The minimum Gasteiger partial charge on any atom is -0.483 e. The van der Waals surface area contributed by atoms with Gasteiger partial charge >= 0.3 is 0 Å². The molecule has 2 aromatic carbocycles. The van der Waals surface area contributed by atoms with Gasteiger partial charge in [0.25, 0.3) is 11.8 Å². The smallest absolute Gasteiger partial charge is 0.260 e. The number of primary amides is 1. The van der Waals surface area contributed by atoms with E-state index in [9.17, 15) is 18.0 Å². The maximum absolute atomic E-state index is 12.5. The Morgan fingerprint density at radius 1 is 0.967 bits per heavy atom. The highest BCUT2D eigenvalue weighted by atomic mass is 32.2. The van der Waals surface area contributed by atoms with E-state index < -0.39 is 15.9 Å². The number of ether oxygens (including phenoxy) is 1. The van der Waals surface area contributed by atoms with Crippen molar-refractivity contribution in [2.24, 2.45) is 5.73 Å². The van der Waals surface area contributed by atoms with Gasteiger partial charge in [0, 0.05) is 31.6 Å². The number of hydrogen-bond donors (Lipinski definition) is 1. The summed E-state index contributed by atoms with van der Waals surface area (Å²) < 4.78 is 31.8. The van der Waals surface area contributed by atoms with E-state index in [0.717, 1.165) is 5.56 Å². The molecule has 2 N–H and O–H groups in total. The summed E-state index contributed by atoms with van der Waals surface area (Å²) in [7, 11) is -3.57. The monoisotopic (exact) mass is 429 g/mol. The van der Waals surface area contributed by atoms with Crippen LogP contribution >= 0.6 is 0 Å². The molecule has 0 aliphatic carbocycles. The molecule has 3 rings (SSSR count). The first-order valence-corrected chi connectivity index (χ1v) is 10.9. The summed E-state index contributed by atoms with van der Waals surface area (Å²) in [6.07, 6.45) is 1.55. The van der Waals surface area contributed by atoms with Crippen molar-refractivity contribution in [3.8, 4) is 5.75 Å². The summed E-state index contributed by atoms with van der Waals surface area (Å²) in [4.78, 5) is 25.4. The third-order valence-electron chi connectivity index (χ3n) is 4.69. The predicted octanol–water partition coefficient (Wildman–Crippen LogP) is 1.31. The lowest BCUT2D eigenvalue weighted by Gasteiger charge is -2.33. The quantitative estimate of drug-likeness (QED) is 0.714. The first-order valence-electron chi connectivity index (χ1n) is 9.39. The fraction of sp³-hybridized carbons (Fsp3) is 0.238. The number of rotatable bonds is 7. The molecule has 0 bridgehead atoms. The summed E-state index contributed by atoms with van der Waals surface area (Å²) in [5.41, 5.74) is 6.29. The maximum atomic E-state index is 12.5. The number of hydrogen-bond acceptors (Lipinski definition) is 5. The highest BCUT2D eigenvalue weighted by molar-refractivity contribution is 7.92. The lowest BCUT2D eigenvalue weighted by Crippen LogP contribution is -2.51. The Bertz CT molecular complexity index is 1030. The summed E-state index contributed by atoms with van der Waals surface area (Å²) in [6.45, 7) is 0.664. The second-order valence-electron chi connectivity index (χ2n) is 6.69. The third kappa shape index (κ3) is 5.46. The number of carbonyl (C=O) groups is 2. The van der Waals surface area contributed by atoms with Crippen molar-refractivity contribution in [3.63, 3.8) is 0 Å². The molecule has 8 nitrogen and oxygen atoms in total. The van der Waals surface area contributed by atoms with Gasteiger partial charge in [-0.25, -0.2) is 8.42 Å². The maximum Gasteiger partial charge on any atom is 0.260 e. The minimum atomic E-state index is -3.57. The molecule has 1 saturated heterocycles. The average Bonchev–Trinajstić information content (AvgIpc) is 2.77. The molecule has 30 heavy (non-hydrogen) atoms. The minimum absolute atomic E-state index is 0.199. The first-order chi connectivity index (χ1) is 14.4. The van der Waals surface area contributed by atoms with Gasteiger partial charge in [0.1, 0.15) is 5.75 Å². The molecular formula is C21H23N3O5S. The Labute approximate surface area is 175 Å². The third-order valence-corrected chi connectivity index (χ3v) is 6.25. The zero-order valence-electron chi connectivity index (χ0n) is 16.3. The predicted molar refractivity (Wildman–Crippen MR) is 113 cm³/mol. The van der Waals surface area contributed by atoms with Gasteiger partial charge in [-0.1, -0.05) is 42.5 Å². The van der Waals surface area contributed by atoms with Crippen molar-refractivity contribution in [2.75, 3.05) is 32.8 Å². The Hall–Kier alpha value is -3.17. The number of nitrogens with two attached hydrogens (primary N) is 1. The van der Waals surface area contributed by atoms with E-state index in [1.54, 1.807) is 29.2 Å². The molecular weight excluding hydrogens is 406 g/mol. The number of sulfonamides is 1. The first kappa shape index (κ1) is 21.5. The van der Waals surface area contributed by atoms with Crippen molar-refractivity contribution in [1.29, 1.82) is 0 Å². The second kappa shape index (κ2) is 9.55. The molecule has 0 atom stereocenters. The number of amides is 2. The van der Waals surface area contributed by atoms with Crippen molar-refractivity contribution >= 4 is 27.9 Å². The summed E-state index contributed by atoms with van der Waals surface area (Å²) in [6, 6.07) is 15.6. The van der Waals surface area contributed by atoms with Crippen molar-refractivity contribution in [2.45, 2.75) is 0 Å². The van der Waals surface area contributed by atoms with E-state index in [1.165, 1.54) is 15.8 Å². The standard InChI is InChI=1S/C21H23N3O5S/c22-21(26)18-8-4-5-9-19(18)29-16-20(25)23-11-13-24(14-12-23)30(27,28)15-10-17-6-2-1-3-7-17/h1-10,15H,11-14,16H2,(H2,22,26)/b15-10+. The molecule has 0 radical (unpaired) electrons. The highest BCUT2D eigenvalue weighted by Crippen LogP contribution is 2.17. The number of nitrogens with zero attached hydrogens (tertiary/aromatic N) is 2. The SMILES string of the molecule is NC(=O)c1ccccc1OCC(=O)N1CCN(S(=O)(=O)/C=C/c2ccccc2)CC1. The molecule has 2 amide bonds. The van der Waals surface area contributed by atoms with Crippen LogP contribution in [0.2, 0.25) is 0 Å². The van der Waals surface area contributed by atoms with Gasteiger partial charge in [-0.2, -0.15) is 4.31 Å². The van der Waals surface area contributed by atoms with Crippen LogP contribution in [0.15, 0.2) is 60.0 Å². The van der Waals surface area contributed by atoms with Gasteiger partial charge in [0.2, 0.25) is 10.0 Å². The van der Waals surface area contributed by atoms with Gasteiger partial charge in [0.15, 0.2) is 6.61 Å². The lowest BCUT2D eigenvalue weighted by molar-refractivity contribution is -0.134. The molecule has 2 aromatic rings. The van der Waals surface area contributed by atoms with Crippen LogP contribution in [-0.2, 0) is 14.8 Å². The molecule has 1 aliphatic heterocycles. The molecule has 0 aromatic heterocycles. The zero-order valence-corrected chi connectivity index (χ0v) is 17.1. The zero-order chi connectivity index (χ0) is 21.6. The van der Waals surface area contributed by atoms with Gasteiger partial charge in [-0.05, 0) is 23.8 Å². The van der Waals surface area contributed by atoms with E-state index >= 15 is 0 Å². The molecule has 0 unspecified atom stereocenters. The van der Waals surface area contributed by atoms with Gasteiger partial charge < -0.3 is 15.4 Å². The van der Waals surface area contributed by atoms with Crippen LogP contribution in [0.3, 0.4) is 0 Å². The van der Waals surface area contributed by atoms with Crippen LogP contribution in [0, 0.1) is 0 Å². The summed E-state index contributed by atoms with van der Waals surface area (Å²) >= 11 is 0. The Balaban J connectivity index is 1.53. The highest BCUT2D eigenvalue weighted by Gasteiger charge is 2.27. The Morgan fingerprint density at radius 3 is 2.27 bits per heavy atom. The normalized spacial score (nSPS) is 15.3. The second-order valence-corrected chi connectivity index (χ2v) is 8.51. The van der Waals surface area contributed by atoms with E-state index in [2.05, 4.69) is 0 Å². The Morgan fingerprint density at radius 2 is 1.60 bits per heavy atom. The molecule has 1 aliphatic rings. The molecule has 158 valence electrons. The van der Waals surface area contributed by atoms with Crippen LogP contribution < -0.4 is 10.5 Å². The van der Waals surface area contributed by atoms with Gasteiger partial charge in [0.05, 0.1) is 5.56 Å². The molecule has 1 heterocycles. The van der Waals surface area contributed by atoms with Crippen molar-refractivity contribution in [1.82, 2.24) is 9.21 Å². The largest absolute Gasteiger partial charge is 0.483 e. The number of carbonyl (C=O) groups excluding carboxylic acids is 2. The number of benzene rings is 2. The molecule has 0 spiro atoms. The van der Waals surface area contributed by atoms with Crippen molar-refractivity contribution in [3.05, 3.63) is 71.1 Å². The van der Waals surface area contributed by atoms with Gasteiger partial charge in [-0.15, -0.1) is 0 Å². The summed E-state index contributed by atoms with van der Waals surface area (Å²) in [5.74, 6) is -0.683. The van der Waals surface area contributed by atoms with Crippen molar-refractivity contribution < 1.29 is 22.7 Å². The van der Waals surface area contributed by atoms with Crippen LogP contribution in [0.1, 0.15) is 15.9 Å². The number of para-hydroxylation sites is 1.